The van der Waals surface area contributed by atoms with Gasteiger partial charge in [-0.05, 0) is 6.07 Å². The van der Waals surface area contributed by atoms with Crippen LogP contribution in [-0.4, -0.2) is 4.98 Å². The molecule has 49 valence electrons. The lowest BCUT2D eigenvalue weighted by Gasteiger charge is -1.79. The van der Waals surface area contributed by atoms with Crippen LogP contribution in [0.5, 0.6) is 0 Å². The number of hydrogen-bond acceptors (Lipinski definition) is 2. The lowest BCUT2D eigenvalue weighted by atomic mass is 10.3. The first-order chi connectivity index (χ1) is 4.86. The Morgan fingerprint density at radius 1 is 1.60 bits per heavy atom. The molecule has 2 rings (SSSR count). The van der Waals surface area contributed by atoms with Gasteiger partial charge >= 0.3 is 0 Å². The van der Waals surface area contributed by atoms with Crippen LogP contribution in [0.15, 0.2) is 18.2 Å². The maximum atomic E-state index is 12.4. The summed E-state index contributed by atoms with van der Waals surface area (Å²) in [6.45, 7) is 0. The number of benzene rings is 1. The lowest BCUT2D eigenvalue weighted by Crippen LogP contribution is -1.66. The molecule has 0 N–H and O–H groups in total. The van der Waals surface area contributed by atoms with Crippen molar-refractivity contribution in [2.45, 2.75) is 0 Å². The molecular formula is C7H3FNS. The summed E-state index contributed by atoms with van der Waals surface area (Å²) in [7, 11) is 0. The minimum absolute atomic E-state index is 0.391. The third-order valence-electron chi connectivity index (χ3n) is 1.19. The first-order valence-electron chi connectivity index (χ1n) is 2.79. The molecule has 1 radical (unpaired) electrons. The largest absolute Gasteiger partial charge is 0.270 e. The number of rotatable bonds is 0. The van der Waals surface area contributed by atoms with Gasteiger partial charge in [-0.25, -0.2) is 4.98 Å². The van der Waals surface area contributed by atoms with E-state index < -0.39 is 5.26 Å². The van der Waals surface area contributed by atoms with Crippen LogP contribution in [0.2, 0.25) is 0 Å². The van der Waals surface area contributed by atoms with Gasteiger partial charge in [-0.2, -0.15) is 4.39 Å². The van der Waals surface area contributed by atoms with Crippen molar-refractivity contribution in [1.82, 2.24) is 4.98 Å². The minimum Gasteiger partial charge on any atom is -0.209 e. The molecule has 1 heterocycles. The maximum absolute atomic E-state index is 12.4. The third kappa shape index (κ3) is 0.789. The van der Waals surface area contributed by atoms with Crippen molar-refractivity contribution < 1.29 is 4.39 Å². The van der Waals surface area contributed by atoms with Gasteiger partial charge in [0.15, 0.2) is 0 Å². The molecule has 1 aromatic carbocycles. The van der Waals surface area contributed by atoms with Crippen molar-refractivity contribution in [2.75, 3.05) is 0 Å². The van der Waals surface area contributed by atoms with Gasteiger partial charge in [-0.15, -0.1) is 0 Å². The summed E-state index contributed by atoms with van der Waals surface area (Å²) in [5.41, 5.74) is 0.616. The average molecular weight is 152 g/mol. The van der Waals surface area contributed by atoms with E-state index in [1.54, 1.807) is 6.07 Å². The molecule has 0 saturated heterocycles. The molecule has 0 aliphatic carbocycles. The van der Waals surface area contributed by atoms with Gasteiger partial charge in [0.05, 0.1) is 10.2 Å². The van der Waals surface area contributed by atoms with E-state index in [1.807, 2.05) is 12.1 Å². The van der Waals surface area contributed by atoms with Gasteiger partial charge in [-0.3, -0.25) is 0 Å². The monoisotopic (exact) mass is 152 g/mol. The molecule has 0 spiro atoms. The second-order valence-electron chi connectivity index (χ2n) is 1.85. The van der Waals surface area contributed by atoms with Gasteiger partial charge in [-0.1, -0.05) is 23.5 Å². The fourth-order valence-corrected chi connectivity index (χ4v) is 1.45. The number of halogens is 1. The van der Waals surface area contributed by atoms with Crippen molar-refractivity contribution in [2.24, 2.45) is 0 Å². The van der Waals surface area contributed by atoms with Crippen molar-refractivity contribution in [1.29, 1.82) is 0 Å². The number of fused-ring (bicyclic) bond motifs is 1. The Kier molecular flexibility index (Phi) is 1.17. The van der Waals surface area contributed by atoms with Crippen LogP contribution in [0, 0.1) is 11.3 Å². The second kappa shape index (κ2) is 2.02. The zero-order chi connectivity index (χ0) is 6.97. The van der Waals surface area contributed by atoms with E-state index in [0.717, 1.165) is 16.0 Å². The molecule has 0 saturated carbocycles. The highest BCUT2D eigenvalue weighted by Crippen LogP contribution is 2.18. The Balaban J connectivity index is 2.88. The zero-order valence-electron chi connectivity index (χ0n) is 4.97. The third-order valence-corrected chi connectivity index (χ3v) is 2.00. The fourth-order valence-electron chi connectivity index (χ4n) is 0.784. The van der Waals surface area contributed by atoms with Gasteiger partial charge < -0.3 is 0 Å². The summed E-state index contributed by atoms with van der Waals surface area (Å²) in [5.74, 6) is 0. The summed E-state index contributed by atoms with van der Waals surface area (Å²) >= 11 is 1.04. The number of hydrogen-bond donors (Lipinski definition) is 0. The summed E-state index contributed by atoms with van der Waals surface area (Å²) in [4.78, 5) is 3.61. The predicted octanol–water partition coefficient (Wildman–Crippen LogP) is 2.24. The smallest absolute Gasteiger partial charge is 0.209 e. The molecule has 10 heavy (non-hydrogen) atoms. The van der Waals surface area contributed by atoms with Crippen molar-refractivity contribution in [3.05, 3.63) is 29.5 Å². The molecule has 2 aromatic rings. The summed E-state index contributed by atoms with van der Waals surface area (Å²) in [6, 6.07) is 8.20. The highest BCUT2D eigenvalue weighted by Gasteiger charge is 1.99. The van der Waals surface area contributed by atoms with Gasteiger partial charge in [0, 0.05) is 6.07 Å². The highest BCUT2D eigenvalue weighted by atomic mass is 32.1. The van der Waals surface area contributed by atoms with Crippen LogP contribution in [0.1, 0.15) is 0 Å². The zero-order valence-corrected chi connectivity index (χ0v) is 5.78. The van der Waals surface area contributed by atoms with E-state index in [-0.39, 0.29) is 0 Å². The quantitative estimate of drug-likeness (QED) is 0.564. The molecular weight excluding hydrogens is 149 g/mol. The minimum atomic E-state index is -0.391. The molecule has 0 unspecified atom stereocenters. The van der Waals surface area contributed by atoms with E-state index in [0.29, 0.717) is 5.52 Å². The SMILES string of the molecule is Fc1nc2[c]cccc2s1. The Labute approximate surface area is 61.1 Å². The molecule has 0 aliphatic heterocycles. The van der Waals surface area contributed by atoms with Crippen LogP contribution in [0.4, 0.5) is 4.39 Å². The van der Waals surface area contributed by atoms with Crippen molar-refractivity contribution in [3.63, 3.8) is 0 Å². The fraction of sp³-hybridized carbons (Fsp3) is 0. The summed E-state index contributed by atoms with van der Waals surface area (Å²) in [6.07, 6.45) is 0. The van der Waals surface area contributed by atoms with Crippen molar-refractivity contribution in [3.8, 4) is 0 Å². The molecule has 0 atom stereocenters. The summed E-state index contributed by atoms with van der Waals surface area (Å²) in [5, 5.41) is -0.391. The molecule has 1 aromatic heterocycles. The molecule has 1 nitrogen and oxygen atoms in total. The van der Waals surface area contributed by atoms with Crippen LogP contribution in [0.3, 0.4) is 0 Å². The molecule has 0 amide bonds. The Morgan fingerprint density at radius 3 is 3.30 bits per heavy atom. The van der Waals surface area contributed by atoms with E-state index in [4.69, 9.17) is 0 Å². The van der Waals surface area contributed by atoms with E-state index in [2.05, 4.69) is 11.1 Å². The topological polar surface area (TPSA) is 12.9 Å². The second-order valence-corrected chi connectivity index (χ2v) is 2.83. The Bertz CT molecular complexity index is 322. The van der Waals surface area contributed by atoms with Crippen LogP contribution < -0.4 is 0 Å². The summed E-state index contributed by atoms with van der Waals surface area (Å²) < 4.78 is 13.3. The van der Waals surface area contributed by atoms with E-state index in [9.17, 15) is 4.39 Å². The molecule has 0 bridgehead atoms. The first kappa shape index (κ1) is 5.80. The standard InChI is InChI=1S/C7H3FNS/c8-7-9-5-3-1-2-4-6(5)10-7/h1-2,4H. The molecule has 0 aliphatic rings. The maximum Gasteiger partial charge on any atom is 0.270 e. The Hall–Kier alpha value is -0.960. The van der Waals surface area contributed by atoms with E-state index in [1.165, 1.54) is 0 Å². The normalized spacial score (nSPS) is 10.5. The lowest BCUT2D eigenvalue weighted by molar-refractivity contribution is 0.620. The van der Waals surface area contributed by atoms with E-state index >= 15 is 0 Å². The van der Waals surface area contributed by atoms with Crippen LogP contribution >= 0.6 is 11.3 Å². The van der Waals surface area contributed by atoms with Gasteiger partial charge in [0.2, 0.25) is 0 Å². The van der Waals surface area contributed by atoms with Crippen LogP contribution in [0.25, 0.3) is 10.2 Å². The molecule has 3 heteroatoms. The first-order valence-corrected chi connectivity index (χ1v) is 3.60. The van der Waals surface area contributed by atoms with Gasteiger partial charge in [0.1, 0.15) is 0 Å². The van der Waals surface area contributed by atoms with Gasteiger partial charge in [0.25, 0.3) is 5.26 Å². The highest BCUT2D eigenvalue weighted by molar-refractivity contribution is 7.17. The number of para-hydroxylation sites is 1. The van der Waals surface area contributed by atoms with Crippen molar-refractivity contribution >= 4 is 21.6 Å². The van der Waals surface area contributed by atoms with Crippen LogP contribution in [-0.2, 0) is 0 Å². The number of nitrogens with zero attached hydrogens (tertiary/aromatic N) is 1. The molecule has 0 fully saturated rings. The Morgan fingerprint density at radius 2 is 2.50 bits per heavy atom. The number of thiazole rings is 1. The average Bonchev–Trinajstić information content (AvgIpc) is 2.27. The predicted molar refractivity (Wildman–Crippen MR) is 38.4 cm³/mol. The number of aromatic nitrogens is 1.